The molecule has 0 radical (unpaired) electrons. The second-order valence-corrected chi connectivity index (χ2v) is 6.70. The first kappa shape index (κ1) is 17.0. The smallest absolute Gasteiger partial charge is 0.233 e. The van der Waals surface area contributed by atoms with E-state index in [0.29, 0.717) is 6.61 Å². The molecule has 2 heterocycles. The van der Waals surface area contributed by atoms with Crippen LogP contribution in [0.5, 0.6) is 0 Å². The molecule has 1 aromatic carbocycles. The van der Waals surface area contributed by atoms with Crippen LogP contribution in [0.15, 0.2) is 30.5 Å². The third-order valence-corrected chi connectivity index (χ3v) is 4.96. The molecule has 2 aromatic rings. The number of amides is 1. The van der Waals surface area contributed by atoms with E-state index in [4.69, 9.17) is 4.74 Å². The fourth-order valence-electron chi connectivity index (χ4n) is 3.60. The van der Waals surface area contributed by atoms with Gasteiger partial charge in [0.05, 0.1) is 12.0 Å². The van der Waals surface area contributed by atoms with Crippen molar-refractivity contribution >= 4 is 22.5 Å². The predicted octanol–water partition coefficient (Wildman–Crippen LogP) is 3.01. The molecule has 0 saturated carbocycles. The van der Waals surface area contributed by atoms with Crippen LogP contribution in [0, 0.1) is 5.41 Å². The molecule has 3 rings (SSSR count). The number of benzene rings is 1. The number of nitrogens with one attached hydrogen (secondary N) is 2. The summed E-state index contributed by atoms with van der Waals surface area (Å²) in [6.07, 6.45) is 4.83. The van der Waals surface area contributed by atoms with Gasteiger partial charge in [0.15, 0.2) is 0 Å². The number of piperidine rings is 1. The molecular formula is C19H27N3O2. The van der Waals surface area contributed by atoms with Crippen LogP contribution < -0.4 is 10.6 Å². The Morgan fingerprint density at radius 1 is 1.33 bits per heavy atom. The summed E-state index contributed by atoms with van der Waals surface area (Å²) in [6.45, 7) is 5.37. The van der Waals surface area contributed by atoms with Crippen molar-refractivity contribution in [2.24, 2.45) is 5.41 Å². The van der Waals surface area contributed by atoms with E-state index in [1.165, 1.54) is 5.52 Å². The van der Waals surface area contributed by atoms with Crippen molar-refractivity contribution in [3.63, 3.8) is 0 Å². The minimum Gasteiger partial charge on any atom is -0.384 e. The van der Waals surface area contributed by atoms with Crippen molar-refractivity contribution in [3.8, 4) is 0 Å². The van der Waals surface area contributed by atoms with Crippen LogP contribution in [0.2, 0.25) is 0 Å². The Kier molecular flexibility index (Phi) is 5.21. The molecule has 1 aliphatic rings. The van der Waals surface area contributed by atoms with Gasteiger partial charge in [0.1, 0.15) is 0 Å². The van der Waals surface area contributed by atoms with Gasteiger partial charge in [-0.15, -0.1) is 0 Å². The third kappa shape index (κ3) is 3.32. The number of aromatic nitrogens is 1. The molecule has 0 bridgehead atoms. The molecule has 1 aliphatic heterocycles. The first-order valence-electron chi connectivity index (χ1n) is 8.78. The van der Waals surface area contributed by atoms with Crippen LogP contribution in [0.1, 0.15) is 26.2 Å². The fourth-order valence-corrected chi connectivity index (χ4v) is 3.60. The largest absolute Gasteiger partial charge is 0.384 e. The average molecular weight is 329 g/mol. The number of anilines is 1. The van der Waals surface area contributed by atoms with Gasteiger partial charge in [-0.1, -0.05) is 6.92 Å². The number of carbonyl (C=O) groups is 1. The molecule has 24 heavy (non-hydrogen) atoms. The van der Waals surface area contributed by atoms with Crippen molar-refractivity contribution < 1.29 is 9.53 Å². The van der Waals surface area contributed by atoms with E-state index in [2.05, 4.69) is 46.5 Å². The Morgan fingerprint density at radius 2 is 2.12 bits per heavy atom. The number of aryl methyl sites for hydroxylation is 1. The Hall–Kier alpha value is -1.85. The third-order valence-electron chi connectivity index (χ3n) is 4.96. The molecule has 0 spiro atoms. The predicted molar refractivity (Wildman–Crippen MR) is 97.3 cm³/mol. The Bertz CT molecular complexity index is 696. The number of hydrogen-bond donors (Lipinski definition) is 2. The van der Waals surface area contributed by atoms with Crippen LogP contribution in [-0.4, -0.2) is 37.3 Å². The van der Waals surface area contributed by atoms with E-state index in [1.807, 2.05) is 6.07 Å². The van der Waals surface area contributed by atoms with Crippen LogP contribution in [0.25, 0.3) is 10.9 Å². The van der Waals surface area contributed by atoms with E-state index in [1.54, 1.807) is 7.11 Å². The summed E-state index contributed by atoms with van der Waals surface area (Å²) >= 11 is 0. The monoisotopic (exact) mass is 329 g/mol. The number of hydrogen-bond acceptors (Lipinski definition) is 3. The van der Waals surface area contributed by atoms with E-state index < -0.39 is 5.41 Å². The van der Waals surface area contributed by atoms with Gasteiger partial charge >= 0.3 is 0 Å². The Morgan fingerprint density at radius 3 is 2.83 bits per heavy atom. The van der Waals surface area contributed by atoms with Crippen molar-refractivity contribution in [2.75, 3.05) is 32.1 Å². The quantitative estimate of drug-likeness (QED) is 0.856. The maximum Gasteiger partial charge on any atom is 0.233 e. The van der Waals surface area contributed by atoms with Gasteiger partial charge < -0.3 is 19.9 Å². The van der Waals surface area contributed by atoms with E-state index in [9.17, 15) is 4.79 Å². The number of rotatable bonds is 6. The number of methoxy groups -OCH3 is 1. The highest BCUT2D eigenvalue weighted by atomic mass is 16.5. The lowest BCUT2D eigenvalue weighted by Crippen LogP contribution is -2.47. The Labute approximate surface area is 143 Å². The van der Waals surface area contributed by atoms with Crippen LogP contribution in [0.3, 0.4) is 0 Å². The summed E-state index contributed by atoms with van der Waals surface area (Å²) in [6, 6.07) is 8.25. The van der Waals surface area contributed by atoms with E-state index in [-0.39, 0.29) is 5.91 Å². The maximum absolute atomic E-state index is 12.9. The summed E-state index contributed by atoms with van der Waals surface area (Å²) in [5.41, 5.74) is 1.64. The first-order valence-corrected chi connectivity index (χ1v) is 8.78. The van der Waals surface area contributed by atoms with Crippen molar-refractivity contribution in [2.45, 2.75) is 32.7 Å². The summed E-state index contributed by atoms with van der Waals surface area (Å²) in [5, 5.41) is 7.59. The lowest BCUT2D eigenvalue weighted by atomic mass is 9.78. The van der Waals surface area contributed by atoms with E-state index >= 15 is 0 Å². The van der Waals surface area contributed by atoms with Crippen LogP contribution in [-0.2, 0) is 16.1 Å². The topological polar surface area (TPSA) is 55.3 Å². The molecule has 1 aromatic heterocycles. The van der Waals surface area contributed by atoms with Crippen molar-refractivity contribution in [1.82, 2.24) is 9.88 Å². The van der Waals surface area contributed by atoms with Gasteiger partial charge in [-0.3, -0.25) is 4.79 Å². The molecule has 0 atom stereocenters. The summed E-state index contributed by atoms with van der Waals surface area (Å²) < 4.78 is 7.60. The number of carbonyl (C=O) groups excluding carboxylic acids is 1. The van der Waals surface area contributed by atoms with Gasteiger partial charge in [0, 0.05) is 36.4 Å². The molecule has 5 heteroatoms. The molecule has 1 saturated heterocycles. The van der Waals surface area contributed by atoms with Gasteiger partial charge in [-0.25, -0.2) is 0 Å². The number of fused-ring (bicyclic) bond motifs is 1. The molecule has 1 fully saturated rings. The standard InChI is InChI=1S/C19H27N3O2/c1-3-11-22-12-6-15-13-16(4-5-17(15)22)21-18(23)19(14-24-2)7-9-20-10-8-19/h4-6,12-13,20H,3,7-11,14H2,1-2H3,(H,21,23). The zero-order valence-corrected chi connectivity index (χ0v) is 14.6. The molecule has 0 unspecified atom stereocenters. The van der Waals surface area contributed by atoms with Crippen LogP contribution in [0.4, 0.5) is 5.69 Å². The second kappa shape index (κ2) is 7.36. The SMILES string of the molecule is CCCn1ccc2cc(NC(=O)C3(COC)CCNCC3)ccc21. The van der Waals surface area contributed by atoms with Crippen molar-refractivity contribution in [1.29, 1.82) is 0 Å². The molecule has 5 nitrogen and oxygen atoms in total. The van der Waals surface area contributed by atoms with E-state index in [0.717, 1.165) is 50.0 Å². The second-order valence-electron chi connectivity index (χ2n) is 6.70. The zero-order valence-electron chi connectivity index (χ0n) is 14.6. The van der Waals surface area contributed by atoms with Gasteiger partial charge in [-0.2, -0.15) is 0 Å². The van der Waals surface area contributed by atoms with Gasteiger partial charge in [-0.05, 0) is 56.6 Å². The number of nitrogens with zero attached hydrogens (tertiary/aromatic N) is 1. The molecule has 1 amide bonds. The highest BCUT2D eigenvalue weighted by Crippen LogP contribution is 2.31. The van der Waals surface area contributed by atoms with Gasteiger partial charge in [0.25, 0.3) is 0 Å². The normalized spacial score (nSPS) is 17.1. The molecule has 2 N–H and O–H groups in total. The first-order chi connectivity index (χ1) is 11.7. The average Bonchev–Trinajstić information content (AvgIpc) is 2.99. The summed E-state index contributed by atoms with van der Waals surface area (Å²) in [7, 11) is 1.67. The van der Waals surface area contributed by atoms with Crippen molar-refractivity contribution in [3.05, 3.63) is 30.5 Å². The summed E-state index contributed by atoms with van der Waals surface area (Å²) in [4.78, 5) is 12.9. The fraction of sp³-hybridized carbons (Fsp3) is 0.526. The molecule has 0 aliphatic carbocycles. The molecule has 130 valence electrons. The van der Waals surface area contributed by atoms with Crippen LogP contribution >= 0.6 is 0 Å². The lowest BCUT2D eigenvalue weighted by Gasteiger charge is -2.35. The minimum atomic E-state index is -0.427. The lowest BCUT2D eigenvalue weighted by molar-refractivity contribution is -0.130. The minimum absolute atomic E-state index is 0.0678. The Balaban J connectivity index is 1.79. The number of ether oxygens (including phenoxy) is 1. The maximum atomic E-state index is 12.9. The highest BCUT2D eigenvalue weighted by molar-refractivity contribution is 5.97. The zero-order chi connectivity index (χ0) is 17.0. The van der Waals surface area contributed by atoms with Gasteiger partial charge in [0.2, 0.25) is 5.91 Å². The highest BCUT2D eigenvalue weighted by Gasteiger charge is 2.39. The molecular weight excluding hydrogens is 302 g/mol. The summed E-state index contributed by atoms with van der Waals surface area (Å²) in [5.74, 6) is 0.0678.